The first-order chi connectivity index (χ1) is 14.2. The Hall–Kier alpha value is -1.32. The molecule has 0 aliphatic carbocycles. The number of piperidine rings is 1. The van der Waals surface area contributed by atoms with E-state index in [0.29, 0.717) is 6.54 Å². The number of nitrogens with zero attached hydrogens (tertiary/aromatic N) is 3. The minimum atomic E-state index is 0.122. The van der Waals surface area contributed by atoms with Crippen LogP contribution in [-0.4, -0.2) is 66.6 Å². The highest BCUT2D eigenvalue weighted by Crippen LogP contribution is 2.26. The van der Waals surface area contributed by atoms with E-state index in [1.807, 2.05) is 6.92 Å². The fraction of sp³-hybridized carbons (Fsp3) is 0.619. The number of nitrogens with one attached hydrogen (secondary N) is 1. The number of amides is 1. The zero-order chi connectivity index (χ0) is 20.1. The number of thiophene rings is 1. The maximum atomic E-state index is 12.8. The van der Waals surface area contributed by atoms with Gasteiger partial charge in [-0.25, -0.2) is 4.98 Å². The average molecular weight is 435 g/mol. The van der Waals surface area contributed by atoms with Gasteiger partial charge in [-0.2, -0.15) is 0 Å². The number of thiazole rings is 1. The van der Waals surface area contributed by atoms with Crippen LogP contribution in [0.5, 0.6) is 0 Å². The van der Waals surface area contributed by atoms with Crippen LogP contribution in [0.2, 0.25) is 0 Å². The van der Waals surface area contributed by atoms with Gasteiger partial charge < -0.3 is 10.1 Å². The van der Waals surface area contributed by atoms with Gasteiger partial charge in [-0.1, -0.05) is 6.07 Å². The predicted molar refractivity (Wildman–Crippen MR) is 117 cm³/mol. The van der Waals surface area contributed by atoms with Crippen LogP contribution >= 0.6 is 22.7 Å². The number of aryl methyl sites for hydroxylation is 1. The number of aromatic nitrogens is 1. The fourth-order valence-electron chi connectivity index (χ4n) is 4.18. The maximum Gasteiger partial charge on any atom is 0.223 e. The highest BCUT2D eigenvalue weighted by atomic mass is 32.1. The molecule has 8 heteroatoms. The number of likely N-dealkylation sites (tertiary alicyclic amines) is 1. The molecule has 0 saturated carbocycles. The number of carbonyl (C=O) groups is 1. The van der Waals surface area contributed by atoms with Crippen LogP contribution in [0.1, 0.15) is 34.5 Å². The van der Waals surface area contributed by atoms with E-state index in [1.54, 1.807) is 22.7 Å². The van der Waals surface area contributed by atoms with E-state index in [-0.39, 0.29) is 17.9 Å². The van der Waals surface area contributed by atoms with E-state index < -0.39 is 0 Å². The van der Waals surface area contributed by atoms with Gasteiger partial charge in [0.05, 0.1) is 30.0 Å². The van der Waals surface area contributed by atoms with Crippen molar-refractivity contribution in [3.05, 3.63) is 38.5 Å². The fourth-order valence-corrected chi connectivity index (χ4v) is 5.65. The third-order valence-electron chi connectivity index (χ3n) is 5.84. The summed E-state index contributed by atoms with van der Waals surface area (Å²) in [5.41, 5.74) is 1.15. The third kappa shape index (κ3) is 5.64. The molecule has 2 aliphatic rings. The van der Waals surface area contributed by atoms with E-state index >= 15 is 0 Å². The van der Waals surface area contributed by atoms with E-state index in [0.717, 1.165) is 69.5 Å². The number of hydrogen-bond donors (Lipinski definition) is 1. The summed E-state index contributed by atoms with van der Waals surface area (Å²) in [6, 6.07) is 4.51. The van der Waals surface area contributed by atoms with Crippen LogP contribution < -0.4 is 5.32 Å². The molecule has 29 heavy (non-hydrogen) atoms. The Morgan fingerprint density at radius 1 is 1.28 bits per heavy atom. The maximum absolute atomic E-state index is 12.8. The highest BCUT2D eigenvalue weighted by molar-refractivity contribution is 7.10. The lowest BCUT2D eigenvalue weighted by atomic mass is 9.95. The summed E-state index contributed by atoms with van der Waals surface area (Å²) < 4.78 is 5.51. The molecule has 0 radical (unpaired) electrons. The Labute approximate surface area is 180 Å². The molecular formula is C21H30N4O2S2. The quantitative estimate of drug-likeness (QED) is 0.726. The number of carbonyl (C=O) groups excluding carboxylic acids is 1. The second-order valence-electron chi connectivity index (χ2n) is 7.83. The summed E-state index contributed by atoms with van der Waals surface area (Å²) in [5.74, 6) is 0.334. The van der Waals surface area contributed by atoms with Crippen molar-refractivity contribution in [2.75, 3.05) is 45.9 Å². The lowest BCUT2D eigenvalue weighted by Gasteiger charge is -2.35. The molecule has 1 N–H and O–H groups in total. The lowest BCUT2D eigenvalue weighted by molar-refractivity contribution is -0.126. The molecule has 1 amide bonds. The van der Waals surface area contributed by atoms with Gasteiger partial charge >= 0.3 is 0 Å². The molecule has 6 nitrogen and oxygen atoms in total. The second kappa shape index (κ2) is 10.1. The minimum absolute atomic E-state index is 0.122. The first-order valence-corrected chi connectivity index (χ1v) is 12.2. The van der Waals surface area contributed by atoms with E-state index in [1.165, 1.54) is 4.88 Å². The SMILES string of the molecule is Cc1nc(CN2CCC(C(=O)NCC(c3cccs3)N3CCOCC3)CC2)cs1. The standard InChI is InChI=1S/C21H30N4O2S2/c1-16-23-18(15-29-16)14-24-6-4-17(5-7-24)21(26)22-13-19(20-3-2-12-28-20)25-8-10-27-11-9-25/h2-3,12,15,17,19H,4-11,13-14H2,1H3,(H,22,26). The van der Waals surface area contributed by atoms with Gasteiger partial charge in [0.15, 0.2) is 0 Å². The Kier molecular flexibility index (Phi) is 7.31. The van der Waals surface area contributed by atoms with Gasteiger partial charge in [-0.15, -0.1) is 22.7 Å². The van der Waals surface area contributed by atoms with Crippen molar-refractivity contribution in [2.45, 2.75) is 32.4 Å². The van der Waals surface area contributed by atoms with Gasteiger partial charge in [0.1, 0.15) is 0 Å². The van der Waals surface area contributed by atoms with Crippen molar-refractivity contribution in [3.63, 3.8) is 0 Å². The molecule has 1 unspecified atom stereocenters. The van der Waals surface area contributed by atoms with Crippen molar-refractivity contribution in [3.8, 4) is 0 Å². The molecular weight excluding hydrogens is 404 g/mol. The van der Waals surface area contributed by atoms with Gasteiger partial charge in [-0.3, -0.25) is 14.6 Å². The molecule has 0 spiro atoms. The monoisotopic (exact) mass is 434 g/mol. The summed E-state index contributed by atoms with van der Waals surface area (Å²) in [5, 5.41) is 8.64. The van der Waals surface area contributed by atoms with E-state index in [9.17, 15) is 4.79 Å². The number of morpholine rings is 1. The van der Waals surface area contributed by atoms with Crippen molar-refractivity contribution in [1.29, 1.82) is 0 Å². The topological polar surface area (TPSA) is 57.7 Å². The highest BCUT2D eigenvalue weighted by Gasteiger charge is 2.28. The summed E-state index contributed by atoms with van der Waals surface area (Å²) in [6.45, 7) is 8.94. The largest absolute Gasteiger partial charge is 0.379 e. The Morgan fingerprint density at radius 3 is 2.72 bits per heavy atom. The van der Waals surface area contributed by atoms with Crippen LogP contribution in [-0.2, 0) is 16.1 Å². The Balaban J connectivity index is 1.26. The Morgan fingerprint density at radius 2 is 2.07 bits per heavy atom. The van der Waals surface area contributed by atoms with Crippen LogP contribution in [0.3, 0.4) is 0 Å². The molecule has 0 aromatic carbocycles. The molecule has 158 valence electrons. The van der Waals surface area contributed by atoms with Crippen LogP contribution in [0, 0.1) is 12.8 Å². The van der Waals surface area contributed by atoms with Crippen molar-refractivity contribution in [2.24, 2.45) is 5.92 Å². The van der Waals surface area contributed by atoms with Crippen LogP contribution in [0.4, 0.5) is 0 Å². The average Bonchev–Trinajstić information content (AvgIpc) is 3.42. The van der Waals surface area contributed by atoms with Crippen molar-refractivity contribution < 1.29 is 9.53 Å². The molecule has 2 aromatic heterocycles. The molecule has 2 saturated heterocycles. The van der Waals surface area contributed by atoms with Gasteiger partial charge in [0.25, 0.3) is 0 Å². The zero-order valence-electron chi connectivity index (χ0n) is 17.0. The molecule has 2 fully saturated rings. The normalized spacial score (nSPS) is 20.6. The summed E-state index contributed by atoms with van der Waals surface area (Å²) in [4.78, 5) is 23.6. The van der Waals surface area contributed by atoms with E-state index in [2.05, 4.69) is 43.0 Å². The minimum Gasteiger partial charge on any atom is -0.379 e. The van der Waals surface area contributed by atoms with Crippen LogP contribution in [0.25, 0.3) is 0 Å². The molecule has 1 atom stereocenters. The van der Waals surface area contributed by atoms with Crippen molar-refractivity contribution in [1.82, 2.24) is 20.1 Å². The van der Waals surface area contributed by atoms with Gasteiger partial charge in [0.2, 0.25) is 5.91 Å². The predicted octanol–water partition coefficient (Wildman–Crippen LogP) is 2.91. The molecule has 2 aliphatic heterocycles. The number of hydrogen-bond acceptors (Lipinski definition) is 7. The summed E-state index contributed by atoms with van der Waals surface area (Å²) in [6.07, 6.45) is 1.85. The first kappa shape index (κ1) is 20.9. The summed E-state index contributed by atoms with van der Waals surface area (Å²) >= 11 is 3.47. The number of rotatable bonds is 7. The third-order valence-corrected chi connectivity index (χ3v) is 7.63. The van der Waals surface area contributed by atoms with Crippen molar-refractivity contribution >= 4 is 28.6 Å². The van der Waals surface area contributed by atoms with E-state index in [4.69, 9.17) is 4.74 Å². The Bertz CT molecular complexity index is 766. The molecule has 4 heterocycles. The lowest BCUT2D eigenvalue weighted by Crippen LogP contribution is -2.45. The zero-order valence-corrected chi connectivity index (χ0v) is 18.6. The number of ether oxygens (including phenoxy) is 1. The smallest absolute Gasteiger partial charge is 0.223 e. The first-order valence-electron chi connectivity index (χ1n) is 10.5. The van der Waals surface area contributed by atoms with Crippen LogP contribution in [0.15, 0.2) is 22.9 Å². The van der Waals surface area contributed by atoms with Gasteiger partial charge in [-0.05, 0) is 44.3 Å². The molecule has 2 aromatic rings. The molecule has 4 rings (SSSR count). The molecule has 0 bridgehead atoms. The second-order valence-corrected chi connectivity index (χ2v) is 9.87. The van der Waals surface area contributed by atoms with Gasteiger partial charge in [0, 0.05) is 42.4 Å². The summed E-state index contributed by atoms with van der Waals surface area (Å²) in [7, 11) is 0.